The molecule has 0 aliphatic carbocycles. The fraction of sp³-hybridized carbons (Fsp3) is 0.278. The summed E-state index contributed by atoms with van der Waals surface area (Å²) in [4.78, 5) is 12.1. The van der Waals surface area contributed by atoms with Crippen LogP contribution in [0.25, 0.3) is 6.08 Å². The van der Waals surface area contributed by atoms with Crippen LogP contribution in [0.4, 0.5) is 0 Å². The van der Waals surface area contributed by atoms with E-state index in [1.165, 1.54) is 6.08 Å². The maximum absolute atomic E-state index is 12.1. The van der Waals surface area contributed by atoms with E-state index in [9.17, 15) is 4.79 Å². The van der Waals surface area contributed by atoms with E-state index in [4.69, 9.17) is 13.9 Å². The second kappa shape index (κ2) is 7.13. The third-order valence-corrected chi connectivity index (χ3v) is 4.33. The number of amides is 1. The number of hydrogen-bond donors (Lipinski definition) is 1. The highest BCUT2D eigenvalue weighted by molar-refractivity contribution is 9.10. The number of nitrogens with one attached hydrogen (secondary N) is 1. The molecular formula is C18H18BrNO4. The summed E-state index contributed by atoms with van der Waals surface area (Å²) in [5.41, 5.74) is 0.926. The van der Waals surface area contributed by atoms with Crippen molar-refractivity contribution in [2.75, 3.05) is 13.2 Å². The maximum atomic E-state index is 12.1. The number of carbonyl (C=O) groups excluding carboxylic acids is 1. The monoisotopic (exact) mass is 391 g/mol. The van der Waals surface area contributed by atoms with Gasteiger partial charge in [-0.2, -0.15) is 0 Å². The molecule has 0 bridgehead atoms. The third-order valence-electron chi connectivity index (χ3n) is 3.65. The first-order chi connectivity index (χ1) is 11.5. The van der Waals surface area contributed by atoms with Crippen LogP contribution in [-0.4, -0.2) is 19.1 Å². The number of halogens is 1. The molecule has 126 valence electrons. The summed E-state index contributed by atoms with van der Waals surface area (Å²) in [5.74, 6) is 2.67. The molecule has 6 heteroatoms. The molecule has 0 saturated heterocycles. The van der Waals surface area contributed by atoms with Crippen molar-refractivity contribution in [3.63, 3.8) is 0 Å². The molecule has 1 aliphatic rings. The van der Waals surface area contributed by atoms with E-state index in [0.29, 0.717) is 30.5 Å². The minimum Gasteiger partial charge on any atom is -0.486 e. The lowest BCUT2D eigenvalue weighted by atomic mass is 10.1. The Hall–Kier alpha value is -2.21. The van der Waals surface area contributed by atoms with E-state index in [-0.39, 0.29) is 11.9 Å². The number of furan rings is 1. The molecule has 0 saturated carbocycles. The van der Waals surface area contributed by atoms with Gasteiger partial charge in [0.05, 0.1) is 6.04 Å². The van der Waals surface area contributed by atoms with Gasteiger partial charge in [0.2, 0.25) is 5.91 Å². The van der Waals surface area contributed by atoms with Crippen molar-refractivity contribution in [2.45, 2.75) is 19.9 Å². The van der Waals surface area contributed by atoms with Crippen molar-refractivity contribution in [2.24, 2.45) is 0 Å². The average molecular weight is 392 g/mol. The number of benzene rings is 1. The number of aryl methyl sites for hydroxylation is 1. The predicted octanol–water partition coefficient (Wildman–Crippen LogP) is 4.01. The lowest BCUT2D eigenvalue weighted by Crippen LogP contribution is -2.25. The number of rotatable bonds is 4. The molecule has 1 N–H and O–H groups in total. The Kier molecular flexibility index (Phi) is 4.94. The van der Waals surface area contributed by atoms with Gasteiger partial charge in [-0.25, -0.2) is 0 Å². The predicted molar refractivity (Wildman–Crippen MR) is 94.2 cm³/mol. The van der Waals surface area contributed by atoms with E-state index in [0.717, 1.165) is 15.8 Å². The Morgan fingerprint density at radius 3 is 2.62 bits per heavy atom. The zero-order chi connectivity index (χ0) is 17.1. The van der Waals surface area contributed by atoms with Crippen molar-refractivity contribution in [3.8, 4) is 11.5 Å². The molecule has 3 rings (SSSR count). The van der Waals surface area contributed by atoms with Gasteiger partial charge in [-0.1, -0.05) is 15.9 Å². The average Bonchev–Trinajstić information content (AvgIpc) is 2.97. The number of fused-ring (bicyclic) bond motifs is 1. The number of carbonyl (C=O) groups is 1. The molecule has 2 heterocycles. The molecule has 1 unspecified atom stereocenters. The normalized spacial score (nSPS) is 14.6. The summed E-state index contributed by atoms with van der Waals surface area (Å²) >= 11 is 3.52. The van der Waals surface area contributed by atoms with E-state index in [1.54, 1.807) is 6.08 Å². The summed E-state index contributed by atoms with van der Waals surface area (Å²) in [6.07, 6.45) is 3.11. The summed E-state index contributed by atoms with van der Waals surface area (Å²) in [6.45, 7) is 4.85. The molecule has 0 fully saturated rings. The summed E-state index contributed by atoms with van der Waals surface area (Å²) in [7, 11) is 0. The lowest BCUT2D eigenvalue weighted by Gasteiger charge is -2.22. The van der Waals surface area contributed by atoms with Crippen molar-refractivity contribution in [1.82, 2.24) is 5.32 Å². The smallest absolute Gasteiger partial charge is 0.244 e. The zero-order valence-electron chi connectivity index (χ0n) is 13.5. The van der Waals surface area contributed by atoms with Gasteiger partial charge in [-0.15, -0.1) is 0 Å². The van der Waals surface area contributed by atoms with Gasteiger partial charge in [-0.3, -0.25) is 4.79 Å². The fourth-order valence-electron chi connectivity index (χ4n) is 2.45. The van der Waals surface area contributed by atoms with E-state index in [1.807, 2.05) is 38.1 Å². The fourth-order valence-corrected chi connectivity index (χ4v) is 3.12. The molecule has 2 aromatic rings. The number of hydrogen-bond acceptors (Lipinski definition) is 4. The second-order valence-corrected chi connectivity index (χ2v) is 6.38. The highest BCUT2D eigenvalue weighted by Crippen LogP contribution is 2.37. The Balaban J connectivity index is 1.69. The lowest BCUT2D eigenvalue weighted by molar-refractivity contribution is -0.117. The van der Waals surface area contributed by atoms with E-state index in [2.05, 4.69) is 21.2 Å². The van der Waals surface area contributed by atoms with Crippen molar-refractivity contribution in [3.05, 3.63) is 51.9 Å². The van der Waals surface area contributed by atoms with Crippen LogP contribution < -0.4 is 14.8 Å². The van der Waals surface area contributed by atoms with Gasteiger partial charge < -0.3 is 19.2 Å². The van der Waals surface area contributed by atoms with Crippen LogP contribution in [0.1, 0.15) is 30.0 Å². The first-order valence-electron chi connectivity index (χ1n) is 7.67. The molecule has 0 radical (unpaired) electrons. The molecule has 1 atom stereocenters. The van der Waals surface area contributed by atoms with Crippen LogP contribution in [-0.2, 0) is 4.79 Å². The molecule has 1 amide bonds. The molecule has 1 aromatic heterocycles. The molecule has 5 nitrogen and oxygen atoms in total. The zero-order valence-corrected chi connectivity index (χ0v) is 15.1. The summed E-state index contributed by atoms with van der Waals surface area (Å²) < 4.78 is 17.4. The Bertz CT molecular complexity index is 781. The Labute approximate surface area is 148 Å². The highest BCUT2D eigenvalue weighted by atomic mass is 79.9. The van der Waals surface area contributed by atoms with Gasteiger partial charge in [0.25, 0.3) is 0 Å². The molecule has 1 aliphatic heterocycles. The van der Waals surface area contributed by atoms with Crippen molar-refractivity contribution < 1.29 is 18.7 Å². The van der Waals surface area contributed by atoms with Crippen LogP contribution >= 0.6 is 15.9 Å². The van der Waals surface area contributed by atoms with Crippen LogP contribution in [0.15, 0.2) is 39.2 Å². The van der Waals surface area contributed by atoms with Crippen molar-refractivity contribution >= 4 is 27.9 Å². The van der Waals surface area contributed by atoms with Crippen LogP contribution in [0.3, 0.4) is 0 Å². The van der Waals surface area contributed by atoms with Gasteiger partial charge in [-0.05, 0) is 49.8 Å². The van der Waals surface area contributed by atoms with E-state index >= 15 is 0 Å². The molecule has 24 heavy (non-hydrogen) atoms. The highest BCUT2D eigenvalue weighted by Gasteiger charge is 2.18. The first kappa shape index (κ1) is 16.6. The minimum atomic E-state index is -0.196. The Morgan fingerprint density at radius 2 is 1.96 bits per heavy atom. The van der Waals surface area contributed by atoms with Gasteiger partial charge in [0, 0.05) is 10.5 Å². The topological polar surface area (TPSA) is 60.7 Å². The maximum Gasteiger partial charge on any atom is 0.244 e. The number of ether oxygens (including phenoxy) is 2. The molecule has 1 aromatic carbocycles. The summed E-state index contributed by atoms with van der Waals surface area (Å²) in [6, 6.07) is 7.24. The van der Waals surface area contributed by atoms with E-state index < -0.39 is 0 Å². The Morgan fingerprint density at radius 1 is 1.25 bits per heavy atom. The van der Waals surface area contributed by atoms with Crippen LogP contribution in [0.5, 0.6) is 11.5 Å². The van der Waals surface area contributed by atoms with Gasteiger partial charge >= 0.3 is 0 Å². The SMILES string of the molecule is Cc1ccc(C=CC(=O)NC(C)c2cc3c(cc2Br)OCCO3)o1. The van der Waals surface area contributed by atoms with Crippen molar-refractivity contribution in [1.29, 1.82) is 0 Å². The quantitative estimate of drug-likeness (QED) is 0.799. The van der Waals surface area contributed by atoms with Gasteiger partial charge in [0.1, 0.15) is 24.7 Å². The van der Waals surface area contributed by atoms with Crippen LogP contribution in [0.2, 0.25) is 0 Å². The van der Waals surface area contributed by atoms with Crippen LogP contribution in [0, 0.1) is 6.92 Å². The second-order valence-electron chi connectivity index (χ2n) is 5.53. The largest absolute Gasteiger partial charge is 0.486 e. The third kappa shape index (κ3) is 3.82. The minimum absolute atomic E-state index is 0.189. The standard InChI is InChI=1S/C18H18BrNO4/c1-11-3-4-13(24-11)5-6-18(21)20-12(2)14-9-16-17(10-15(14)19)23-8-7-22-16/h3-6,9-10,12H,7-8H2,1-2H3,(H,20,21). The molecular weight excluding hydrogens is 374 g/mol. The van der Waals surface area contributed by atoms with Gasteiger partial charge in [0.15, 0.2) is 11.5 Å². The summed E-state index contributed by atoms with van der Waals surface area (Å²) in [5, 5.41) is 2.93. The molecule has 0 spiro atoms. The first-order valence-corrected chi connectivity index (χ1v) is 8.46.